The maximum absolute atomic E-state index is 12.6. The molecule has 2 aromatic rings. The van der Waals surface area contributed by atoms with Crippen molar-refractivity contribution in [3.8, 4) is 0 Å². The van der Waals surface area contributed by atoms with Crippen LogP contribution in [0, 0.1) is 0 Å². The Hall–Kier alpha value is -2.18. The highest BCUT2D eigenvalue weighted by Gasteiger charge is 2.16. The zero-order valence-corrected chi connectivity index (χ0v) is 15.6. The summed E-state index contributed by atoms with van der Waals surface area (Å²) >= 11 is 0. The van der Waals surface area contributed by atoms with Crippen LogP contribution in [0.4, 0.5) is 0 Å². The van der Waals surface area contributed by atoms with E-state index in [1.54, 1.807) is 24.3 Å². The number of hydrogen-bond acceptors (Lipinski definition) is 4. The van der Waals surface area contributed by atoms with E-state index in [9.17, 15) is 13.2 Å². The highest BCUT2D eigenvalue weighted by molar-refractivity contribution is 7.89. The minimum Gasteiger partial charge on any atom is -0.344 e. The van der Waals surface area contributed by atoms with E-state index in [0.29, 0.717) is 17.7 Å². The maximum Gasteiger partial charge on any atom is 0.251 e. The Labute approximate surface area is 149 Å². The molecule has 0 saturated carbocycles. The summed E-state index contributed by atoms with van der Waals surface area (Å²) in [4.78, 5) is 14.6. The smallest absolute Gasteiger partial charge is 0.251 e. The van der Waals surface area contributed by atoms with E-state index in [2.05, 4.69) is 5.32 Å². The third-order valence-corrected chi connectivity index (χ3v) is 4.56. The molecular weight excluding hydrogens is 336 g/mol. The van der Waals surface area contributed by atoms with Crippen LogP contribution in [0.5, 0.6) is 0 Å². The van der Waals surface area contributed by atoms with Crippen LogP contribution in [0.1, 0.15) is 27.5 Å². The summed E-state index contributed by atoms with van der Waals surface area (Å²) in [6.45, 7) is 0.682. The molecule has 0 fully saturated rings. The third kappa shape index (κ3) is 6.32. The first kappa shape index (κ1) is 19.1. The monoisotopic (exact) mass is 360 g/mol. The number of rotatable bonds is 7. The van der Waals surface area contributed by atoms with E-state index in [4.69, 9.17) is 0 Å². The van der Waals surface area contributed by atoms with Crippen molar-refractivity contribution in [3.05, 3.63) is 71.3 Å². The van der Waals surface area contributed by atoms with E-state index in [1.807, 2.05) is 49.3 Å². The topological polar surface area (TPSA) is 66.5 Å². The molecule has 1 N–H and O–H groups in total. The molecule has 0 saturated heterocycles. The van der Waals surface area contributed by atoms with Gasteiger partial charge in [-0.3, -0.25) is 4.79 Å². The summed E-state index contributed by atoms with van der Waals surface area (Å²) in [5, 5.41) is 3.05. The molecule has 0 aliphatic carbocycles. The number of sulfone groups is 1. The molecule has 134 valence electrons. The first-order chi connectivity index (χ1) is 11.7. The molecule has 0 unspecified atom stereocenters. The lowest BCUT2D eigenvalue weighted by molar-refractivity contribution is 0.0930. The van der Waals surface area contributed by atoms with Crippen LogP contribution >= 0.6 is 0 Å². The van der Waals surface area contributed by atoms with Gasteiger partial charge >= 0.3 is 0 Å². The second kappa shape index (κ2) is 8.27. The molecular formula is C19H24N2O3S. The van der Waals surface area contributed by atoms with E-state index < -0.39 is 9.84 Å². The summed E-state index contributed by atoms with van der Waals surface area (Å²) < 4.78 is 22.7. The minimum atomic E-state index is -3.08. The molecule has 0 radical (unpaired) electrons. The van der Waals surface area contributed by atoms with Crippen LogP contribution in [0.25, 0.3) is 0 Å². The third-order valence-electron chi connectivity index (χ3n) is 3.70. The van der Waals surface area contributed by atoms with Crippen molar-refractivity contribution >= 4 is 15.7 Å². The Morgan fingerprint density at radius 3 is 2.16 bits per heavy atom. The summed E-state index contributed by atoms with van der Waals surface area (Å²) in [5.74, 6) is -0.205. The SMILES string of the molecule is CN(C)C[C@H](NC(=O)c1ccc(CS(C)(=O)=O)cc1)c1ccccc1. The lowest BCUT2D eigenvalue weighted by atomic mass is 10.1. The molecule has 6 heteroatoms. The molecule has 25 heavy (non-hydrogen) atoms. The summed E-state index contributed by atoms with van der Waals surface area (Å²) in [5.41, 5.74) is 2.22. The standard InChI is InChI=1S/C19H24N2O3S/c1-21(2)13-18(16-7-5-4-6-8-16)20-19(22)17-11-9-15(10-12-17)14-25(3,23)24/h4-12,18H,13-14H2,1-3H3,(H,20,22)/t18-/m0/s1. The van der Waals surface area contributed by atoms with E-state index in [1.165, 1.54) is 6.26 Å². The van der Waals surface area contributed by atoms with Crippen LogP contribution in [0.15, 0.2) is 54.6 Å². The Kier molecular flexibility index (Phi) is 6.33. The second-order valence-electron chi connectivity index (χ2n) is 6.47. The Morgan fingerprint density at radius 2 is 1.64 bits per heavy atom. The van der Waals surface area contributed by atoms with Crippen LogP contribution in [0.3, 0.4) is 0 Å². The Bertz CT molecular complexity index is 800. The van der Waals surface area contributed by atoms with E-state index in [0.717, 1.165) is 5.56 Å². The average molecular weight is 360 g/mol. The summed E-state index contributed by atoms with van der Waals surface area (Å²) in [7, 11) is 0.836. The number of nitrogens with zero attached hydrogens (tertiary/aromatic N) is 1. The zero-order valence-electron chi connectivity index (χ0n) is 14.8. The van der Waals surface area contributed by atoms with Gasteiger partial charge in [-0.15, -0.1) is 0 Å². The molecule has 0 aliphatic rings. The molecule has 0 bridgehead atoms. The predicted molar refractivity (Wildman–Crippen MR) is 100 cm³/mol. The van der Waals surface area contributed by atoms with Crippen LogP contribution in [0.2, 0.25) is 0 Å². The van der Waals surface area contributed by atoms with Gasteiger partial charge in [0.1, 0.15) is 0 Å². The number of nitrogens with one attached hydrogen (secondary N) is 1. The van der Waals surface area contributed by atoms with Gasteiger partial charge in [-0.05, 0) is 37.4 Å². The molecule has 1 amide bonds. The fraction of sp³-hybridized carbons (Fsp3) is 0.316. The van der Waals surface area contributed by atoms with Gasteiger partial charge in [-0.1, -0.05) is 42.5 Å². The molecule has 0 spiro atoms. The highest BCUT2D eigenvalue weighted by Crippen LogP contribution is 2.15. The van der Waals surface area contributed by atoms with Crippen molar-refractivity contribution in [1.82, 2.24) is 10.2 Å². The molecule has 2 rings (SSSR count). The molecule has 2 aromatic carbocycles. The number of carbonyl (C=O) groups is 1. The van der Waals surface area contributed by atoms with Crippen molar-refractivity contribution in [1.29, 1.82) is 0 Å². The number of hydrogen-bond donors (Lipinski definition) is 1. The number of likely N-dealkylation sites (N-methyl/N-ethyl adjacent to an activating group) is 1. The van der Waals surface area contributed by atoms with Crippen molar-refractivity contribution < 1.29 is 13.2 Å². The second-order valence-corrected chi connectivity index (χ2v) is 8.61. The van der Waals surface area contributed by atoms with Gasteiger partial charge in [0.25, 0.3) is 5.91 Å². The average Bonchev–Trinajstić information content (AvgIpc) is 2.54. The van der Waals surface area contributed by atoms with Gasteiger partial charge in [-0.25, -0.2) is 8.42 Å². The van der Waals surface area contributed by atoms with Gasteiger partial charge in [0.2, 0.25) is 0 Å². The number of amides is 1. The van der Waals surface area contributed by atoms with E-state index in [-0.39, 0.29) is 17.7 Å². The Morgan fingerprint density at radius 1 is 1.04 bits per heavy atom. The van der Waals surface area contributed by atoms with Crippen LogP contribution in [-0.4, -0.2) is 46.1 Å². The molecule has 0 aromatic heterocycles. The first-order valence-corrected chi connectivity index (χ1v) is 10.1. The van der Waals surface area contributed by atoms with Crippen molar-refractivity contribution in [2.24, 2.45) is 0 Å². The quantitative estimate of drug-likeness (QED) is 0.822. The summed E-state index contributed by atoms with van der Waals surface area (Å²) in [6.07, 6.45) is 1.19. The molecule has 5 nitrogen and oxygen atoms in total. The summed E-state index contributed by atoms with van der Waals surface area (Å²) in [6, 6.07) is 16.4. The lowest BCUT2D eigenvalue weighted by Gasteiger charge is -2.23. The predicted octanol–water partition coefficient (Wildman–Crippen LogP) is 2.26. The van der Waals surface area contributed by atoms with Gasteiger partial charge in [0, 0.05) is 18.4 Å². The van der Waals surface area contributed by atoms with Crippen LogP contribution < -0.4 is 5.32 Å². The van der Waals surface area contributed by atoms with Gasteiger partial charge in [-0.2, -0.15) is 0 Å². The van der Waals surface area contributed by atoms with Crippen molar-refractivity contribution in [2.75, 3.05) is 26.9 Å². The maximum atomic E-state index is 12.6. The zero-order chi connectivity index (χ0) is 18.4. The van der Waals surface area contributed by atoms with Crippen LogP contribution in [-0.2, 0) is 15.6 Å². The number of benzene rings is 2. The van der Waals surface area contributed by atoms with Gasteiger partial charge in [0.15, 0.2) is 9.84 Å². The lowest BCUT2D eigenvalue weighted by Crippen LogP contribution is -2.35. The fourth-order valence-corrected chi connectivity index (χ4v) is 3.38. The van der Waals surface area contributed by atoms with E-state index >= 15 is 0 Å². The Balaban J connectivity index is 2.12. The molecule has 0 aliphatic heterocycles. The normalized spacial score (nSPS) is 12.8. The van der Waals surface area contributed by atoms with Gasteiger partial charge in [0.05, 0.1) is 11.8 Å². The van der Waals surface area contributed by atoms with Gasteiger partial charge < -0.3 is 10.2 Å². The minimum absolute atomic E-state index is 0.0256. The fourth-order valence-electron chi connectivity index (χ4n) is 2.58. The molecule has 1 atom stereocenters. The number of carbonyl (C=O) groups excluding carboxylic acids is 1. The van der Waals surface area contributed by atoms with Crippen molar-refractivity contribution in [2.45, 2.75) is 11.8 Å². The largest absolute Gasteiger partial charge is 0.344 e. The van der Waals surface area contributed by atoms with Crippen molar-refractivity contribution in [3.63, 3.8) is 0 Å². The highest BCUT2D eigenvalue weighted by atomic mass is 32.2. The first-order valence-electron chi connectivity index (χ1n) is 8.02. The molecule has 0 heterocycles.